The van der Waals surface area contributed by atoms with E-state index in [-0.39, 0.29) is 25.1 Å². The number of amides is 3. The molecular weight excluding hydrogens is 344 g/mol. The lowest BCUT2D eigenvalue weighted by molar-refractivity contribution is -0.133. The molecule has 2 rings (SSSR count). The van der Waals surface area contributed by atoms with E-state index in [4.69, 9.17) is 16.4 Å². The fraction of sp³-hybridized carbons (Fsp3) is 0.294. The van der Waals surface area contributed by atoms with Crippen molar-refractivity contribution in [3.8, 4) is 0 Å². The van der Waals surface area contributed by atoms with Crippen LogP contribution in [0.25, 0.3) is 0 Å². The van der Waals surface area contributed by atoms with Gasteiger partial charge in [0, 0.05) is 31.2 Å². The van der Waals surface area contributed by atoms with Crippen LogP contribution < -0.4 is 10.9 Å². The molecular formula is C17H21ClN4O3. The van der Waals surface area contributed by atoms with Gasteiger partial charge in [-0.1, -0.05) is 42.0 Å². The van der Waals surface area contributed by atoms with Crippen molar-refractivity contribution in [1.29, 1.82) is 0 Å². The number of rotatable bonds is 7. The van der Waals surface area contributed by atoms with E-state index >= 15 is 0 Å². The van der Waals surface area contributed by atoms with Crippen LogP contribution in [0.15, 0.2) is 48.7 Å². The predicted octanol–water partition coefficient (Wildman–Crippen LogP) is 2.22. The number of carbonyl (C=O) groups excluding carboxylic acids is 2. The van der Waals surface area contributed by atoms with Crippen molar-refractivity contribution in [3.63, 3.8) is 0 Å². The zero-order valence-corrected chi connectivity index (χ0v) is 14.7. The van der Waals surface area contributed by atoms with Gasteiger partial charge in [0.05, 0.1) is 13.2 Å². The van der Waals surface area contributed by atoms with Gasteiger partial charge in [0.1, 0.15) is 0 Å². The Balaban J connectivity index is 1.71. The Morgan fingerprint density at radius 3 is 2.80 bits per heavy atom. The van der Waals surface area contributed by atoms with Crippen LogP contribution in [-0.4, -0.2) is 41.5 Å². The summed E-state index contributed by atoms with van der Waals surface area (Å²) < 4.78 is 0. The molecule has 1 aliphatic rings. The largest absolute Gasteiger partial charge is 0.345 e. The molecule has 1 aromatic carbocycles. The van der Waals surface area contributed by atoms with Gasteiger partial charge >= 0.3 is 6.03 Å². The molecule has 0 unspecified atom stereocenters. The number of urea groups is 1. The van der Waals surface area contributed by atoms with E-state index in [1.54, 1.807) is 18.3 Å². The number of halogens is 1. The number of nitrogens with one attached hydrogen (secondary N) is 2. The summed E-state index contributed by atoms with van der Waals surface area (Å²) >= 11 is 6.09. The van der Waals surface area contributed by atoms with Gasteiger partial charge < -0.3 is 0 Å². The third-order valence-corrected chi connectivity index (χ3v) is 3.82. The van der Waals surface area contributed by atoms with Crippen LogP contribution in [0.2, 0.25) is 5.02 Å². The Morgan fingerprint density at radius 2 is 2.12 bits per heavy atom. The maximum Gasteiger partial charge on any atom is 0.345 e. The Morgan fingerprint density at radius 1 is 1.32 bits per heavy atom. The molecule has 0 atom stereocenters. The molecule has 8 heteroatoms. The molecule has 0 saturated carbocycles. The Hall–Kier alpha value is -2.35. The number of hydrogen-bond acceptors (Lipinski definition) is 4. The molecule has 134 valence electrons. The van der Waals surface area contributed by atoms with E-state index in [0.717, 1.165) is 5.56 Å². The first-order chi connectivity index (χ1) is 12.1. The number of hydrogen-bond donors (Lipinski definition) is 2. The van der Waals surface area contributed by atoms with Crippen molar-refractivity contribution in [2.24, 2.45) is 0 Å². The van der Waals surface area contributed by atoms with Gasteiger partial charge in [-0.2, -0.15) is 0 Å². The van der Waals surface area contributed by atoms with Crippen LogP contribution in [0.4, 0.5) is 4.79 Å². The number of nitrogens with zero attached hydrogens (tertiary/aromatic N) is 2. The van der Waals surface area contributed by atoms with E-state index in [1.807, 2.05) is 30.4 Å². The molecule has 25 heavy (non-hydrogen) atoms. The molecule has 0 radical (unpaired) electrons. The minimum Gasteiger partial charge on any atom is -0.296 e. The average molecular weight is 365 g/mol. The van der Waals surface area contributed by atoms with Crippen molar-refractivity contribution in [1.82, 2.24) is 20.8 Å². The van der Waals surface area contributed by atoms with Crippen molar-refractivity contribution in [2.75, 3.05) is 19.7 Å². The average Bonchev–Trinajstić information content (AvgIpc) is 2.62. The van der Waals surface area contributed by atoms with Crippen LogP contribution in [0.5, 0.6) is 0 Å². The van der Waals surface area contributed by atoms with Gasteiger partial charge in [0.15, 0.2) is 0 Å². The van der Waals surface area contributed by atoms with E-state index in [9.17, 15) is 9.59 Å². The summed E-state index contributed by atoms with van der Waals surface area (Å²) in [6.07, 6.45) is 7.14. The Kier molecular flexibility index (Phi) is 7.46. The second kappa shape index (κ2) is 9.83. The van der Waals surface area contributed by atoms with Crippen LogP contribution in [-0.2, 0) is 16.2 Å². The zero-order chi connectivity index (χ0) is 18.1. The number of hydroxylamine groups is 1. The van der Waals surface area contributed by atoms with E-state index in [0.29, 0.717) is 18.1 Å². The quantitative estimate of drug-likeness (QED) is 0.574. The maximum atomic E-state index is 11.8. The first-order valence-corrected chi connectivity index (χ1v) is 8.22. The number of hydrazine groups is 1. The third-order valence-electron chi connectivity index (χ3n) is 3.45. The topological polar surface area (TPSA) is 73.9 Å². The lowest BCUT2D eigenvalue weighted by Crippen LogP contribution is -2.44. The molecule has 0 saturated heterocycles. The maximum absolute atomic E-state index is 11.8. The van der Waals surface area contributed by atoms with Gasteiger partial charge in [-0.25, -0.2) is 15.7 Å². The summed E-state index contributed by atoms with van der Waals surface area (Å²) in [5, 5.41) is 2.05. The predicted molar refractivity (Wildman–Crippen MR) is 95.1 cm³/mol. The summed E-state index contributed by atoms with van der Waals surface area (Å²) in [7, 11) is 0. The highest BCUT2D eigenvalue weighted by Crippen LogP contribution is 2.14. The first kappa shape index (κ1) is 19.0. The monoisotopic (exact) mass is 364 g/mol. The Bertz CT molecular complexity index is 663. The molecule has 1 aromatic rings. The Labute approximate surface area is 151 Å². The van der Waals surface area contributed by atoms with Crippen molar-refractivity contribution < 1.29 is 14.4 Å². The van der Waals surface area contributed by atoms with Crippen LogP contribution >= 0.6 is 11.6 Å². The molecule has 0 aromatic heterocycles. The molecule has 7 nitrogen and oxygen atoms in total. The smallest absolute Gasteiger partial charge is 0.296 e. The second-order valence-electron chi connectivity index (χ2n) is 5.27. The molecule has 0 fully saturated rings. The van der Waals surface area contributed by atoms with Gasteiger partial charge in [-0.3, -0.25) is 19.5 Å². The number of allylic oxidation sites excluding steroid dienone is 2. The van der Waals surface area contributed by atoms with Crippen molar-refractivity contribution >= 4 is 23.5 Å². The van der Waals surface area contributed by atoms with Crippen molar-refractivity contribution in [3.05, 3.63) is 59.3 Å². The van der Waals surface area contributed by atoms with E-state index in [2.05, 4.69) is 10.9 Å². The zero-order valence-electron chi connectivity index (χ0n) is 13.9. The number of carbonyl (C=O) groups is 2. The van der Waals surface area contributed by atoms with Crippen LogP contribution in [0, 0.1) is 0 Å². The standard InChI is InChI=1S/C17H21ClN4O3/c1-14(23)22(19-13-15-7-3-4-8-16(15)18)11-12-25-20-17(24)21-9-5-2-6-10-21/h2-9,19H,10-13H2,1H3,(H,20,24). The molecule has 1 aliphatic heterocycles. The van der Waals surface area contributed by atoms with E-state index < -0.39 is 0 Å². The highest BCUT2D eigenvalue weighted by Gasteiger charge is 2.12. The molecule has 1 heterocycles. The van der Waals surface area contributed by atoms with Gasteiger partial charge in [-0.15, -0.1) is 0 Å². The molecule has 3 amide bonds. The third kappa shape index (κ3) is 6.22. The lowest BCUT2D eigenvalue weighted by Gasteiger charge is -2.23. The normalized spacial score (nSPS) is 13.0. The lowest BCUT2D eigenvalue weighted by atomic mass is 10.2. The van der Waals surface area contributed by atoms with Gasteiger partial charge in [0.2, 0.25) is 5.91 Å². The summed E-state index contributed by atoms with van der Waals surface area (Å²) in [5.41, 5.74) is 6.23. The van der Waals surface area contributed by atoms with E-state index in [1.165, 1.54) is 16.8 Å². The molecule has 0 aliphatic carbocycles. The second-order valence-corrected chi connectivity index (χ2v) is 5.68. The molecule has 0 spiro atoms. The molecule has 0 bridgehead atoms. The van der Waals surface area contributed by atoms with Crippen LogP contribution in [0.3, 0.4) is 0 Å². The first-order valence-electron chi connectivity index (χ1n) is 7.84. The highest BCUT2D eigenvalue weighted by atomic mass is 35.5. The fourth-order valence-corrected chi connectivity index (χ4v) is 2.30. The van der Waals surface area contributed by atoms with Crippen molar-refractivity contribution in [2.45, 2.75) is 13.5 Å². The summed E-state index contributed by atoms with van der Waals surface area (Å²) in [4.78, 5) is 30.1. The SMILES string of the molecule is CC(=O)N(CCONC(=O)N1C=CC=CC1)NCc1ccccc1Cl. The van der Waals surface area contributed by atoms with Gasteiger partial charge in [-0.05, 0) is 17.7 Å². The summed E-state index contributed by atoms with van der Waals surface area (Å²) in [5.74, 6) is -0.161. The summed E-state index contributed by atoms with van der Waals surface area (Å²) in [6, 6.07) is 7.03. The fourth-order valence-electron chi connectivity index (χ4n) is 2.10. The number of benzene rings is 1. The van der Waals surface area contributed by atoms with Gasteiger partial charge in [0.25, 0.3) is 0 Å². The van der Waals surface area contributed by atoms with Crippen LogP contribution in [0.1, 0.15) is 12.5 Å². The highest BCUT2D eigenvalue weighted by molar-refractivity contribution is 6.31. The minimum atomic E-state index is -0.362. The molecule has 2 N–H and O–H groups in total. The summed E-state index contributed by atoms with van der Waals surface area (Å²) in [6.45, 7) is 2.77. The minimum absolute atomic E-state index is 0.147.